The molecule has 2 aromatic carbocycles. The van der Waals surface area contributed by atoms with Crippen LogP contribution in [0.1, 0.15) is 71.9 Å². The first-order valence-corrected chi connectivity index (χ1v) is 15.3. The summed E-state index contributed by atoms with van der Waals surface area (Å²) >= 11 is 0. The molecule has 2 amide bonds. The number of pyridine rings is 1. The maximum absolute atomic E-state index is 15.3. The maximum Gasteiger partial charge on any atom is 0.413 e. The quantitative estimate of drug-likeness (QED) is 0.271. The molecule has 9 nitrogen and oxygen atoms in total. The molecule has 242 valence electrons. The number of anilines is 1. The normalized spacial score (nSPS) is 16.0. The van der Waals surface area contributed by atoms with Crippen LogP contribution in [0.2, 0.25) is 0 Å². The molecule has 0 saturated carbocycles. The zero-order valence-corrected chi connectivity index (χ0v) is 27.0. The summed E-state index contributed by atoms with van der Waals surface area (Å²) in [6.07, 6.45) is 4.83. The Bertz CT molecular complexity index is 1500. The molecule has 0 radical (unpaired) electrons. The molecule has 0 unspecified atom stereocenters. The molecule has 10 heteroatoms. The minimum Gasteiger partial charge on any atom is -0.472 e. The average molecular weight is 622 g/mol. The summed E-state index contributed by atoms with van der Waals surface area (Å²) in [4.78, 5) is 31.4. The van der Waals surface area contributed by atoms with Crippen LogP contribution in [0.15, 0.2) is 54.6 Å². The third kappa shape index (κ3) is 10.5. The first-order valence-electron chi connectivity index (χ1n) is 15.3. The average Bonchev–Trinajstić information content (AvgIpc) is 3.19. The predicted octanol–water partition coefficient (Wildman–Crippen LogP) is 8.12. The van der Waals surface area contributed by atoms with Gasteiger partial charge >= 0.3 is 12.2 Å². The van der Waals surface area contributed by atoms with E-state index in [1.54, 1.807) is 50.0 Å². The van der Waals surface area contributed by atoms with Crippen LogP contribution in [0.4, 0.5) is 19.8 Å². The van der Waals surface area contributed by atoms with E-state index in [1.165, 1.54) is 6.07 Å². The lowest BCUT2D eigenvalue weighted by atomic mass is 10.0. The number of fused-ring (bicyclic) bond motifs is 1. The van der Waals surface area contributed by atoms with E-state index in [0.29, 0.717) is 23.9 Å². The van der Waals surface area contributed by atoms with E-state index >= 15 is 4.39 Å². The van der Waals surface area contributed by atoms with Crippen molar-refractivity contribution in [1.82, 2.24) is 9.88 Å². The highest BCUT2D eigenvalue weighted by Gasteiger charge is 2.27. The zero-order valence-electron chi connectivity index (χ0n) is 27.0. The number of nitrogens with one attached hydrogen (secondary N) is 1. The number of likely N-dealkylation sites (tertiary alicyclic amines) is 1. The van der Waals surface area contributed by atoms with Gasteiger partial charge in [-0.05, 0) is 83.9 Å². The van der Waals surface area contributed by atoms with Gasteiger partial charge in [0.1, 0.15) is 29.4 Å². The van der Waals surface area contributed by atoms with Crippen molar-refractivity contribution in [3.8, 4) is 5.88 Å². The molecule has 1 atom stereocenters. The number of hydrogen-bond donors (Lipinski definition) is 1. The maximum atomic E-state index is 15.3. The molecule has 1 aliphatic heterocycles. The largest absolute Gasteiger partial charge is 0.472 e. The molecule has 4 rings (SSSR count). The Morgan fingerprint density at radius 1 is 1.02 bits per heavy atom. The van der Waals surface area contributed by atoms with Crippen molar-refractivity contribution in [1.29, 1.82) is 0 Å². The van der Waals surface area contributed by atoms with Crippen molar-refractivity contribution in [2.75, 3.05) is 25.0 Å². The van der Waals surface area contributed by atoms with E-state index in [1.807, 2.05) is 51.1 Å². The number of carbonyl (C=O) groups excluding carboxylic acids is 2. The molecule has 3 aromatic rings. The lowest BCUT2D eigenvalue weighted by molar-refractivity contribution is 0.00670. The Balaban J connectivity index is 1.55. The Labute approximate surface area is 264 Å². The van der Waals surface area contributed by atoms with Gasteiger partial charge in [-0.3, -0.25) is 5.32 Å². The number of amides is 2. The van der Waals surface area contributed by atoms with Crippen molar-refractivity contribution in [3.05, 3.63) is 71.6 Å². The second kappa shape index (κ2) is 14.7. The fourth-order valence-corrected chi connectivity index (χ4v) is 4.87. The molecule has 0 spiro atoms. The highest BCUT2D eigenvalue weighted by molar-refractivity contribution is 5.97. The lowest BCUT2D eigenvalue weighted by Crippen LogP contribution is -2.40. The molecule has 1 aliphatic rings. The summed E-state index contributed by atoms with van der Waals surface area (Å²) in [6, 6.07) is 14.2. The summed E-state index contributed by atoms with van der Waals surface area (Å²) in [6.45, 7) is 12.3. The van der Waals surface area contributed by atoms with Gasteiger partial charge in [0, 0.05) is 12.1 Å². The molecule has 0 aliphatic carbocycles. The molecular weight excluding hydrogens is 577 g/mol. The van der Waals surface area contributed by atoms with Gasteiger partial charge in [-0.2, -0.15) is 4.98 Å². The third-order valence-corrected chi connectivity index (χ3v) is 6.79. The summed E-state index contributed by atoms with van der Waals surface area (Å²) in [5.41, 5.74) is -0.0761. The summed E-state index contributed by atoms with van der Waals surface area (Å²) in [5, 5.41) is 3.74. The van der Waals surface area contributed by atoms with E-state index in [9.17, 15) is 9.59 Å². The van der Waals surface area contributed by atoms with Gasteiger partial charge in [-0.1, -0.05) is 48.6 Å². The Kier molecular flexibility index (Phi) is 11.0. The van der Waals surface area contributed by atoms with Gasteiger partial charge in [0.2, 0.25) is 5.88 Å². The van der Waals surface area contributed by atoms with Crippen molar-refractivity contribution in [2.24, 2.45) is 0 Å². The number of ether oxygens (including phenoxy) is 4. The molecule has 1 N–H and O–H groups in total. The minimum atomic E-state index is -0.693. The summed E-state index contributed by atoms with van der Waals surface area (Å²) in [7, 11) is 0. The first-order chi connectivity index (χ1) is 21.3. The van der Waals surface area contributed by atoms with Gasteiger partial charge < -0.3 is 23.8 Å². The van der Waals surface area contributed by atoms with Crippen molar-refractivity contribution in [2.45, 2.75) is 84.7 Å². The second-order valence-electron chi connectivity index (χ2n) is 13.1. The predicted molar refractivity (Wildman–Crippen MR) is 173 cm³/mol. The molecule has 2 heterocycles. The molecule has 1 aromatic heterocycles. The van der Waals surface area contributed by atoms with Gasteiger partial charge in [-0.15, -0.1) is 0 Å². The number of benzene rings is 2. The Morgan fingerprint density at radius 3 is 2.47 bits per heavy atom. The number of hydrogen-bond acceptors (Lipinski definition) is 7. The van der Waals surface area contributed by atoms with E-state index in [-0.39, 0.29) is 42.7 Å². The van der Waals surface area contributed by atoms with Crippen LogP contribution in [0.25, 0.3) is 16.8 Å². The van der Waals surface area contributed by atoms with Crippen molar-refractivity contribution < 1.29 is 32.9 Å². The number of aromatic nitrogens is 1. The monoisotopic (exact) mass is 621 g/mol. The highest BCUT2D eigenvalue weighted by atomic mass is 19.1. The van der Waals surface area contributed by atoms with Crippen LogP contribution in [0.3, 0.4) is 0 Å². The van der Waals surface area contributed by atoms with Crippen LogP contribution in [-0.2, 0) is 20.8 Å². The third-order valence-electron chi connectivity index (χ3n) is 6.79. The van der Waals surface area contributed by atoms with Crippen LogP contribution in [-0.4, -0.2) is 59.1 Å². The molecule has 1 saturated heterocycles. The highest BCUT2D eigenvalue weighted by Crippen LogP contribution is 2.33. The first kappa shape index (κ1) is 33.7. The number of rotatable bonds is 8. The van der Waals surface area contributed by atoms with Gasteiger partial charge in [-0.25, -0.2) is 14.0 Å². The summed E-state index contributed by atoms with van der Waals surface area (Å²) in [5.74, 6) is -0.0737. The standard InChI is InChI=1S/C35H44FN3O6/c1-34(2,3)44-32(40)38-29-21-25-17-18-28(36)27(30(25)31(37-29)43-23-24-13-8-7-9-14-24)16-12-20-42-26-15-10-11-19-39(22-26)33(41)45-35(4,5)6/h7-9,12-14,16-18,21,26H,10-11,15,19-20,22-23H2,1-6H3,(H,37,38,40)/b16-12+/t26-/m1/s1. The fraction of sp³-hybridized carbons (Fsp3) is 0.457. The zero-order chi connectivity index (χ0) is 32.6. The van der Waals surface area contributed by atoms with Crippen LogP contribution >= 0.6 is 0 Å². The minimum absolute atomic E-state index is 0.166. The van der Waals surface area contributed by atoms with E-state index in [4.69, 9.17) is 18.9 Å². The number of nitrogens with zero attached hydrogens (tertiary/aromatic N) is 2. The SMILES string of the molecule is CC(C)(C)OC(=O)Nc1cc2ccc(F)c(/C=C/CO[C@@H]3CCCCN(C(=O)OC(C)(C)C)C3)c2c(OCc2ccccc2)n1. The van der Waals surface area contributed by atoms with Gasteiger partial charge in [0.25, 0.3) is 0 Å². The van der Waals surface area contributed by atoms with E-state index in [2.05, 4.69) is 10.3 Å². The van der Waals surface area contributed by atoms with Gasteiger partial charge in [0.15, 0.2) is 0 Å². The topological polar surface area (TPSA) is 99.2 Å². The fourth-order valence-electron chi connectivity index (χ4n) is 4.87. The van der Waals surface area contributed by atoms with Crippen molar-refractivity contribution >= 4 is 34.9 Å². The van der Waals surface area contributed by atoms with Crippen LogP contribution in [0.5, 0.6) is 5.88 Å². The molecular formula is C35H44FN3O6. The van der Waals surface area contributed by atoms with E-state index < -0.39 is 23.1 Å². The van der Waals surface area contributed by atoms with Crippen LogP contribution in [0, 0.1) is 5.82 Å². The van der Waals surface area contributed by atoms with Gasteiger partial charge in [0.05, 0.1) is 24.6 Å². The van der Waals surface area contributed by atoms with Crippen LogP contribution < -0.4 is 10.1 Å². The van der Waals surface area contributed by atoms with E-state index in [0.717, 1.165) is 24.8 Å². The Morgan fingerprint density at radius 2 is 1.76 bits per heavy atom. The lowest BCUT2D eigenvalue weighted by Gasteiger charge is -2.28. The number of halogens is 1. The second-order valence-corrected chi connectivity index (χ2v) is 13.1. The molecule has 0 bridgehead atoms. The molecule has 45 heavy (non-hydrogen) atoms. The smallest absolute Gasteiger partial charge is 0.413 e. The summed E-state index contributed by atoms with van der Waals surface area (Å²) < 4.78 is 38.5. The van der Waals surface area contributed by atoms with Crippen molar-refractivity contribution in [3.63, 3.8) is 0 Å². The molecule has 1 fully saturated rings. The Hall–Kier alpha value is -4.18. The number of carbonyl (C=O) groups is 2.